The highest BCUT2D eigenvalue weighted by atomic mass is 19.1. The Morgan fingerprint density at radius 2 is 1.59 bits per heavy atom. The van der Waals surface area contributed by atoms with E-state index in [0.29, 0.717) is 16.3 Å². The highest BCUT2D eigenvalue weighted by Crippen LogP contribution is 2.70. The summed E-state index contributed by atoms with van der Waals surface area (Å²) in [7, 11) is -0.818. The van der Waals surface area contributed by atoms with Crippen molar-refractivity contribution in [3.8, 4) is 0 Å². The maximum absolute atomic E-state index is 15.5. The maximum Gasteiger partial charge on any atom is 0.497 e. The van der Waals surface area contributed by atoms with Gasteiger partial charge in [0.15, 0.2) is 0 Å². The summed E-state index contributed by atoms with van der Waals surface area (Å²) in [5.74, 6) is -0.525. The number of fused-ring (bicyclic) bond motifs is 1. The van der Waals surface area contributed by atoms with Crippen molar-refractivity contribution in [1.82, 2.24) is 4.57 Å². The predicted molar refractivity (Wildman–Crippen MR) is 104 cm³/mol. The van der Waals surface area contributed by atoms with E-state index in [1.807, 2.05) is 40.0 Å². The first-order valence-corrected chi connectivity index (χ1v) is 9.67. The molecule has 0 unspecified atom stereocenters. The summed E-state index contributed by atoms with van der Waals surface area (Å²) >= 11 is 0. The molecule has 3 saturated carbocycles. The van der Waals surface area contributed by atoms with Gasteiger partial charge in [-0.25, -0.2) is 4.39 Å². The van der Waals surface area contributed by atoms with E-state index in [1.165, 1.54) is 0 Å². The number of aromatic nitrogens is 1. The molecule has 0 atom stereocenters. The van der Waals surface area contributed by atoms with Gasteiger partial charge >= 0.3 is 7.12 Å². The first-order chi connectivity index (χ1) is 12.5. The van der Waals surface area contributed by atoms with Crippen LogP contribution in [0.4, 0.5) is 4.39 Å². The van der Waals surface area contributed by atoms with Crippen LogP contribution < -0.4 is 11.0 Å². The molecule has 6 rings (SSSR count). The number of hydrogen-bond acceptors (Lipinski definition) is 3. The van der Waals surface area contributed by atoms with Crippen molar-refractivity contribution in [2.75, 3.05) is 0 Å². The molecule has 1 saturated heterocycles. The number of halogens is 1. The van der Waals surface area contributed by atoms with E-state index < -0.39 is 24.1 Å². The van der Waals surface area contributed by atoms with Crippen LogP contribution in [0.3, 0.4) is 0 Å². The van der Waals surface area contributed by atoms with Crippen LogP contribution in [0.1, 0.15) is 53.9 Å². The lowest BCUT2D eigenvalue weighted by atomic mass is 9.40. The first-order valence-electron chi connectivity index (χ1n) is 9.67. The number of nitrogens with zero attached hydrogens (tertiary/aromatic N) is 1. The van der Waals surface area contributed by atoms with Crippen molar-refractivity contribution >= 4 is 23.4 Å². The van der Waals surface area contributed by atoms with Gasteiger partial charge in [-0.05, 0) is 63.8 Å². The maximum atomic E-state index is 15.5. The molecule has 1 aliphatic heterocycles. The van der Waals surface area contributed by atoms with Crippen LogP contribution >= 0.6 is 0 Å². The molecule has 1 aromatic heterocycles. The van der Waals surface area contributed by atoms with Crippen molar-refractivity contribution in [2.24, 2.45) is 5.41 Å². The number of hydrogen-bond donors (Lipinski definition) is 0. The molecular formula is C21H25BFNO3. The van der Waals surface area contributed by atoms with Crippen molar-refractivity contribution in [3.63, 3.8) is 0 Å². The van der Waals surface area contributed by atoms with Crippen LogP contribution in [-0.4, -0.2) is 22.9 Å². The van der Waals surface area contributed by atoms with Crippen LogP contribution in [0, 0.1) is 11.2 Å². The Bertz CT molecular complexity index is 1010. The van der Waals surface area contributed by atoms with E-state index in [4.69, 9.17) is 9.31 Å². The van der Waals surface area contributed by atoms with E-state index in [1.54, 1.807) is 16.7 Å². The molecule has 2 heterocycles. The van der Waals surface area contributed by atoms with Gasteiger partial charge in [-0.3, -0.25) is 4.79 Å². The zero-order valence-electron chi connectivity index (χ0n) is 16.6. The summed E-state index contributed by atoms with van der Waals surface area (Å²) in [6.07, 6.45) is 4.84. The third-order valence-electron chi connectivity index (χ3n) is 7.33. The topological polar surface area (TPSA) is 40.5 Å². The fourth-order valence-electron chi connectivity index (χ4n) is 5.32. The lowest BCUT2D eigenvalue weighted by Gasteiger charge is -2.69. The van der Waals surface area contributed by atoms with Gasteiger partial charge in [0.25, 0.3) is 5.56 Å². The second-order valence-corrected chi connectivity index (χ2v) is 10.1. The van der Waals surface area contributed by atoms with Gasteiger partial charge in [-0.15, -0.1) is 0 Å². The molecule has 0 radical (unpaired) electrons. The lowest BCUT2D eigenvalue weighted by Crippen LogP contribution is -2.68. The minimum absolute atomic E-state index is 0.104. The molecule has 0 spiro atoms. The highest BCUT2D eigenvalue weighted by molar-refractivity contribution is 6.62. The third-order valence-corrected chi connectivity index (χ3v) is 7.33. The van der Waals surface area contributed by atoms with Crippen LogP contribution in [-0.2, 0) is 14.8 Å². The number of pyridine rings is 1. The largest absolute Gasteiger partial charge is 0.497 e. The van der Waals surface area contributed by atoms with E-state index in [9.17, 15) is 4.79 Å². The highest BCUT2D eigenvalue weighted by Gasteiger charge is 2.66. The first kappa shape index (κ1) is 17.4. The molecule has 2 bridgehead atoms. The van der Waals surface area contributed by atoms with Gasteiger partial charge in [-0.1, -0.05) is 19.1 Å². The summed E-state index contributed by atoms with van der Waals surface area (Å²) in [5, 5.41) is 0.756. The lowest BCUT2D eigenvalue weighted by molar-refractivity contribution is -0.175. The van der Waals surface area contributed by atoms with E-state index >= 15 is 4.39 Å². The summed E-state index contributed by atoms with van der Waals surface area (Å²) in [5.41, 5.74) is -0.802. The Balaban J connectivity index is 1.61. The van der Waals surface area contributed by atoms with Gasteiger partial charge in [0, 0.05) is 17.2 Å². The van der Waals surface area contributed by atoms with Gasteiger partial charge < -0.3 is 13.9 Å². The molecule has 4 fully saturated rings. The zero-order chi connectivity index (χ0) is 19.4. The van der Waals surface area contributed by atoms with Crippen molar-refractivity contribution in [3.05, 3.63) is 40.6 Å². The van der Waals surface area contributed by atoms with Crippen LogP contribution in [0.5, 0.6) is 0 Å². The van der Waals surface area contributed by atoms with Gasteiger partial charge in [0.05, 0.1) is 16.6 Å². The molecule has 1 aromatic carbocycles. The predicted octanol–water partition coefficient (Wildman–Crippen LogP) is 3.34. The Hall–Kier alpha value is -1.66. The second-order valence-electron chi connectivity index (χ2n) is 10.1. The van der Waals surface area contributed by atoms with E-state index in [0.717, 1.165) is 19.3 Å². The Kier molecular flexibility index (Phi) is 3.13. The van der Waals surface area contributed by atoms with Gasteiger partial charge in [0.2, 0.25) is 0 Å². The molecule has 0 amide bonds. The molecule has 3 aliphatic carbocycles. The van der Waals surface area contributed by atoms with Crippen LogP contribution in [0.2, 0.25) is 0 Å². The van der Waals surface area contributed by atoms with Gasteiger partial charge in [0.1, 0.15) is 5.82 Å². The monoisotopic (exact) mass is 369 g/mol. The Labute approximate surface area is 158 Å². The fraction of sp³-hybridized carbons (Fsp3) is 0.571. The molecule has 4 aliphatic rings. The Morgan fingerprint density at radius 3 is 2.15 bits per heavy atom. The summed E-state index contributed by atoms with van der Waals surface area (Å²) in [6, 6.07) is 5.30. The third kappa shape index (κ3) is 2.14. The summed E-state index contributed by atoms with van der Waals surface area (Å²) in [4.78, 5) is 13.2. The molecule has 2 aromatic rings. The van der Waals surface area contributed by atoms with Crippen molar-refractivity contribution in [1.29, 1.82) is 0 Å². The molecule has 142 valence electrons. The normalized spacial score (nSPS) is 33.0. The second kappa shape index (κ2) is 4.84. The SMILES string of the molecule is CC12CC(n3ccc4ccc(B5OC(C)(C)C(C)(C)O5)c(F)c4c3=O)(C1)C2. The van der Waals surface area contributed by atoms with E-state index in [2.05, 4.69) is 6.92 Å². The fourth-order valence-corrected chi connectivity index (χ4v) is 5.32. The summed E-state index contributed by atoms with van der Waals surface area (Å²) < 4.78 is 29.3. The molecule has 0 N–H and O–H groups in total. The summed E-state index contributed by atoms with van der Waals surface area (Å²) in [6.45, 7) is 9.98. The van der Waals surface area contributed by atoms with Crippen molar-refractivity contribution in [2.45, 2.75) is 70.6 Å². The van der Waals surface area contributed by atoms with Crippen LogP contribution in [0.15, 0.2) is 29.2 Å². The zero-order valence-corrected chi connectivity index (χ0v) is 16.6. The van der Waals surface area contributed by atoms with Gasteiger partial charge in [-0.2, -0.15) is 0 Å². The quantitative estimate of drug-likeness (QED) is 0.763. The molecular weight excluding hydrogens is 344 g/mol. The Morgan fingerprint density at radius 1 is 1.00 bits per heavy atom. The van der Waals surface area contributed by atoms with E-state index in [-0.39, 0.29) is 16.5 Å². The van der Waals surface area contributed by atoms with Crippen molar-refractivity contribution < 1.29 is 13.7 Å². The smallest absolute Gasteiger partial charge is 0.399 e. The number of benzene rings is 1. The van der Waals surface area contributed by atoms with Crippen LogP contribution in [0.25, 0.3) is 10.8 Å². The minimum Gasteiger partial charge on any atom is -0.399 e. The minimum atomic E-state index is -0.818. The standard InChI is InChI=1S/C21H25BFNO3/c1-18(2)19(3,4)27-22(26-18)14-7-6-13-8-9-24(17(25)15(13)16(14)23)21-10-20(5,11-21)12-21/h6-9H,10-12H2,1-5H3. The average Bonchev–Trinajstić information content (AvgIpc) is 2.72. The molecule has 6 heteroatoms. The number of rotatable bonds is 2. The average molecular weight is 369 g/mol. The molecule has 4 nitrogen and oxygen atoms in total. The molecule has 27 heavy (non-hydrogen) atoms.